The van der Waals surface area contributed by atoms with Gasteiger partial charge in [0.25, 0.3) is 0 Å². The first-order chi connectivity index (χ1) is 9.07. The summed E-state index contributed by atoms with van der Waals surface area (Å²) in [6.07, 6.45) is 3.03. The molecule has 0 radical (unpaired) electrons. The standard InChI is InChI=1S/C15H20F2O2/c1-2-19-15(7-3-4-8-15)14(18)9-11-5-6-12(16)10-13(11)17/h5-6,10,14,18H,2-4,7-9H2,1H3. The Morgan fingerprint density at radius 1 is 1.32 bits per heavy atom. The molecule has 1 N–H and O–H groups in total. The van der Waals surface area contributed by atoms with Crippen molar-refractivity contribution in [2.75, 3.05) is 6.61 Å². The van der Waals surface area contributed by atoms with Gasteiger partial charge in [-0.1, -0.05) is 18.9 Å². The Bertz CT molecular complexity index is 428. The number of halogens is 2. The second kappa shape index (κ2) is 5.97. The van der Waals surface area contributed by atoms with E-state index in [2.05, 4.69) is 0 Å². The highest BCUT2D eigenvalue weighted by atomic mass is 19.1. The third-order valence-corrected chi connectivity index (χ3v) is 3.92. The van der Waals surface area contributed by atoms with Crippen molar-refractivity contribution < 1.29 is 18.6 Å². The van der Waals surface area contributed by atoms with Gasteiger partial charge in [-0.3, -0.25) is 0 Å². The van der Waals surface area contributed by atoms with Crippen molar-refractivity contribution in [3.63, 3.8) is 0 Å². The van der Waals surface area contributed by atoms with Crippen LogP contribution >= 0.6 is 0 Å². The predicted molar refractivity (Wildman–Crippen MR) is 68.9 cm³/mol. The largest absolute Gasteiger partial charge is 0.390 e. The molecule has 1 atom stereocenters. The third kappa shape index (κ3) is 3.12. The molecule has 0 heterocycles. The summed E-state index contributed by atoms with van der Waals surface area (Å²) in [4.78, 5) is 0. The van der Waals surface area contributed by atoms with Gasteiger partial charge in [-0.25, -0.2) is 8.78 Å². The molecule has 1 aromatic carbocycles. The van der Waals surface area contributed by atoms with Gasteiger partial charge < -0.3 is 9.84 Å². The highest BCUT2D eigenvalue weighted by Gasteiger charge is 2.41. The van der Waals surface area contributed by atoms with Crippen LogP contribution in [0.15, 0.2) is 18.2 Å². The lowest BCUT2D eigenvalue weighted by molar-refractivity contribution is -0.115. The number of aliphatic hydroxyl groups excluding tert-OH is 1. The van der Waals surface area contributed by atoms with E-state index in [1.165, 1.54) is 12.1 Å². The molecule has 0 amide bonds. The monoisotopic (exact) mass is 270 g/mol. The fraction of sp³-hybridized carbons (Fsp3) is 0.600. The molecule has 0 saturated heterocycles. The maximum atomic E-state index is 13.6. The van der Waals surface area contributed by atoms with E-state index in [0.29, 0.717) is 12.2 Å². The first kappa shape index (κ1) is 14.4. The minimum absolute atomic E-state index is 0.159. The lowest BCUT2D eigenvalue weighted by Gasteiger charge is -2.34. The lowest BCUT2D eigenvalue weighted by atomic mass is 9.89. The van der Waals surface area contributed by atoms with Crippen molar-refractivity contribution in [3.8, 4) is 0 Å². The average Bonchev–Trinajstić information content (AvgIpc) is 2.83. The summed E-state index contributed by atoms with van der Waals surface area (Å²) in [7, 11) is 0. The van der Waals surface area contributed by atoms with Crippen molar-refractivity contribution in [2.45, 2.75) is 50.7 Å². The Hall–Kier alpha value is -1.00. The molecular formula is C15H20F2O2. The van der Waals surface area contributed by atoms with E-state index in [4.69, 9.17) is 4.74 Å². The van der Waals surface area contributed by atoms with Gasteiger partial charge in [-0.15, -0.1) is 0 Å². The number of ether oxygens (including phenoxy) is 1. The van der Waals surface area contributed by atoms with E-state index in [-0.39, 0.29) is 6.42 Å². The second-order valence-electron chi connectivity index (χ2n) is 5.16. The van der Waals surface area contributed by atoms with Crippen LogP contribution < -0.4 is 0 Å². The normalized spacial score (nSPS) is 19.6. The smallest absolute Gasteiger partial charge is 0.129 e. The van der Waals surface area contributed by atoms with Crippen LogP contribution in [0, 0.1) is 11.6 Å². The van der Waals surface area contributed by atoms with Crippen LogP contribution in [0.4, 0.5) is 8.78 Å². The molecule has 0 aromatic heterocycles. The van der Waals surface area contributed by atoms with E-state index < -0.39 is 23.3 Å². The van der Waals surface area contributed by atoms with Gasteiger partial charge in [-0.05, 0) is 31.4 Å². The molecule has 2 nitrogen and oxygen atoms in total. The van der Waals surface area contributed by atoms with Gasteiger partial charge in [0.2, 0.25) is 0 Å². The molecule has 0 bridgehead atoms. The molecule has 19 heavy (non-hydrogen) atoms. The van der Waals surface area contributed by atoms with Gasteiger partial charge in [0.1, 0.15) is 11.6 Å². The molecule has 1 fully saturated rings. The van der Waals surface area contributed by atoms with Crippen molar-refractivity contribution in [1.82, 2.24) is 0 Å². The van der Waals surface area contributed by atoms with Gasteiger partial charge in [0.15, 0.2) is 0 Å². The van der Waals surface area contributed by atoms with Crippen LogP contribution in [0.5, 0.6) is 0 Å². The number of benzene rings is 1. The molecular weight excluding hydrogens is 250 g/mol. The predicted octanol–water partition coefficient (Wildman–Crippen LogP) is 3.22. The summed E-state index contributed by atoms with van der Waals surface area (Å²) in [6.45, 7) is 2.42. The fourth-order valence-corrected chi connectivity index (χ4v) is 2.92. The van der Waals surface area contributed by atoms with Gasteiger partial charge in [0.05, 0.1) is 11.7 Å². The van der Waals surface area contributed by atoms with Crippen molar-refractivity contribution >= 4 is 0 Å². The highest BCUT2D eigenvalue weighted by molar-refractivity contribution is 5.20. The maximum absolute atomic E-state index is 13.6. The molecule has 2 rings (SSSR count). The Kier molecular flexibility index (Phi) is 4.53. The molecule has 1 aliphatic rings. The van der Waals surface area contributed by atoms with Crippen molar-refractivity contribution in [3.05, 3.63) is 35.4 Å². The summed E-state index contributed by atoms with van der Waals surface area (Å²) in [5.41, 5.74) is -0.227. The van der Waals surface area contributed by atoms with E-state index in [1.807, 2.05) is 6.92 Å². The summed E-state index contributed by atoms with van der Waals surface area (Å²) in [5, 5.41) is 10.4. The Morgan fingerprint density at radius 3 is 2.58 bits per heavy atom. The zero-order valence-electron chi connectivity index (χ0n) is 11.2. The quantitative estimate of drug-likeness (QED) is 0.890. The van der Waals surface area contributed by atoms with Crippen LogP contribution in [-0.2, 0) is 11.2 Å². The number of hydrogen-bond donors (Lipinski definition) is 1. The zero-order valence-corrected chi connectivity index (χ0v) is 11.2. The van der Waals surface area contributed by atoms with Crippen LogP contribution in [0.1, 0.15) is 38.2 Å². The fourth-order valence-electron chi connectivity index (χ4n) is 2.92. The zero-order chi connectivity index (χ0) is 13.9. The molecule has 1 saturated carbocycles. The third-order valence-electron chi connectivity index (χ3n) is 3.92. The molecule has 1 unspecified atom stereocenters. The topological polar surface area (TPSA) is 29.5 Å². The number of hydrogen-bond acceptors (Lipinski definition) is 2. The summed E-state index contributed by atoms with van der Waals surface area (Å²) < 4.78 is 32.2. The van der Waals surface area contributed by atoms with Crippen LogP contribution in [0.3, 0.4) is 0 Å². The minimum atomic E-state index is -0.755. The Morgan fingerprint density at radius 2 is 2.00 bits per heavy atom. The Balaban J connectivity index is 2.12. The van der Waals surface area contributed by atoms with E-state index in [9.17, 15) is 13.9 Å². The first-order valence-electron chi connectivity index (χ1n) is 6.83. The van der Waals surface area contributed by atoms with Crippen LogP contribution in [0.25, 0.3) is 0 Å². The molecule has 1 aliphatic carbocycles. The molecule has 106 valence electrons. The summed E-state index contributed by atoms with van der Waals surface area (Å²) in [5.74, 6) is -1.21. The van der Waals surface area contributed by atoms with E-state index in [1.54, 1.807) is 0 Å². The lowest BCUT2D eigenvalue weighted by Crippen LogP contribution is -2.44. The van der Waals surface area contributed by atoms with Gasteiger partial charge in [0, 0.05) is 19.1 Å². The van der Waals surface area contributed by atoms with Gasteiger partial charge >= 0.3 is 0 Å². The molecule has 4 heteroatoms. The van der Waals surface area contributed by atoms with E-state index in [0.717, 1.165) is 31.7 Å². The second-order valence-corrected chi connectivity index (χ2v) is 5.16. The minimum Gasteiger partial charge on any atom is -0.390 e. The maximum Gasteiger partial charge on any atom is 0.129 e. The van der Waals surface area contributed by atoms with Crippen LogP contribution in [0.2, 0.25) is 0 Å². The van der Waals surface area contributed by atoms with E-state index >= 15 is 0 Å². The van der Waals surface area contributed by atoms with Crippen molar-refractivity contribution in [2.24, 2.45) is 0 Å². The SMILES string of the molecule is CCOC1(C(O)Cc2ccc(F)cc2F)CCCC1. The molecule has 1 aromatic rings. The molecule has 0 aliphatic heterocycles. The number of rotatable bonds is 5. The summed E-state index contributed by atoms with van der Waals surface area (Å²) in [6, 6.07) is 3.46. The summed E-state index contributed by atoms with van der Waals surface area (Å²) >= 11 is 0. The average molecular weight is 270 g/mol. The molecule has 0 spiro atoms. The van der Waals surface area contributed by atoms with Crippen LogP contribution in [-0.4, -0.2) is 23.4 Å². The number of aliphatic hydroxyl groups is 1. The van der Waals surface area contributed by atoms with Crippen molar-refractivity contribution in [1.29, 1.82) is 0 Å². The first-order valence-corrected chi connectivity index (χ1v) is 6.83. The Labute approximate surface area is 112 Å². The highest BCUT2D eigenvalue weighted by Crippen LogP contribution is 2.37. The van der Waals surface area contributed by atoms with Gasteiger partial charge in [-0.2, -0.15) is 0 Å².